The van der Waals surface area contributed by atoms with E-state index in [4.69, 9.17) is 0 Å². The second-order valence-corrected chi connectivity index (χ2v) is 3.08. The van der Waals surface area contributed by atoms with Crippen molar-refractivity contribution in [3.05, 3.63) is 11.8 Å². The molecule has 9 heavy (non-hydrogen) atoms. The Labute approximate surface area is 57.5 Å². The normalized spacial score (nSPS) is 13.6. The van der Waals surface area contributed by atoms with Crippen LogP contribution in [0.15, 0.2) is 16.8 Å². The van der Waals surface area contributed by atoms with Gasteiger partial charge in [0.2, 0.25) is 0 Å². The van der Waals surface area contributed by atoms with Gasteiger partial charge in [-0.15, -0.1) is 0 Å². The molecule has 0 amide bonds. The van der Waals surface area contributed by atoms with Gasteiger partial charge in [0, 0.05) is 11.1 Å². The Morgan fingerprint density at radius 2 is 1.89 bits per heavy atom. The van der Waals surface area contributed by atoms with Crippen molar-refractivity contribution in [1.29, 1.82) is 0 Å². The Hall–Kier alpha value is -0.590. The molecule has 0 aliphatic rings. The van der Waals surface area contributed by atoms with Crippen LogP contribution in [0.2, 0.25) is 0 Å². The summed E-state index contributed by atoms with van der Waals surface area (Å²) in [7, 11) is 0. The highest BCUT2D eigenvalue weighted by Crippen LogP contribution is 2.24. The number of nitrogens with zero attached hydrogens (tertiary/aromatic N) is 1. The Morgan fingerprint density at radius 3 is 1.89 bits per heavy atom. The molecule has 0 unspecified atom stereocenters. The molecule has 1 heteroatoms. The maximum Gasteiger partial charge on any atom is 0.0407 e. The summed E-state index contributed by atoms with van der Waals surface area (Å²) in [4.78, 5) is 3.89. The molecular weight excluding hydrogens is 110 g/mol. The van der Waals surface area contributed by atoms with Crippen molar-refractivity contribution < 1.29 is 0 Å². The fourth-order valence-electron chi connectivity index (χ4n) is 0.761. The van der Waals surface area contributed by atoms with Gasteiger partial charge in [0.25, 0.3) is 0 Å². The van der Waals surface area contributed by atoms with Crippen molar-refractivity contribution in [2.45, 2.75) is 27.7 Å². The van der Waals surface area contributed by atoms with Crippen LogP contribution in [0, 0.1) is 5.41 Å². The zero-order chi connectivity index (χ0) is 7.49. The van der Waals surface area contributed by atoms with E-state index >= 15 is 0 Å². The SMILES string of the molecule is C=N/C(=C\C)C(C)(C)C. The van der Waals surface area contributed by atoms with E-state index in [2.05, 4.69) is 32.5 Å². The number of allylic oxidation sites excluding steroid dienone is 2. The Balaban J connectivity index is 4.32. The molecule has 0 aromatic rings. The van der Waals surface area contributed by atoms with Crippen molar-refractivity contribution in [3.8, 4) is 0 Å². The van der Waals surface area contributed by atoms with Crippen molar-refractivity contribution in [1.82, 2.24) is 0 Å². The molecule has 0 saturated heterocycles. The molecule has 0 fully saturated rings. The second kappa shape index (κ2) is 2.81. The van der Waals surface area contributed by atoms with E-state index in [9.17, 15) is 0 Å². The van der Waals surface area contributed by atoms with E-state index in [1.807, 2.05) is 13.0 Å². The van der Waals surface area contributed by atoms with E-state index < -0.39 is 0 Å². The van der Waals surface area contributed by atoms with Crippen molar-refractivity contribution in [2.24, 2.45) is 10.4 Å². The summed E-state index contributed by atoms with van der Waals surface area (Å²) in [6.07, 6.45) is 1.99. The van der Waals surface area contributed by atoms with Gasteiger partial charge in [0.1, 0.15) is 0 Å². The fraction of sp³-hybridized carbons (Fsp3) is 0.625. The van der Waals surface area contributed by atoms with Gasteiger partial charge in [-0.25, -0.2) is 0 Å². The van der Waals surface area contributed by atoms with Crippen LogP contribution in [0.25, 0.3) is 0 Å². The smallest absolute Gasteiger partial charge is 0.0407 e. The molecule has 0 saturated carbocycles. The highest BCUT2D eigenvalue weighted by atomic mass is 14.7. The topological polar surface area (TPSA) is 12.4 Å². The van der Waals surface area contributed by atoms with Crippen LogP contribution in [0.1, 0.15) is 27.7 Å². The summed E-state index contributed by atoms with van der Waals surface area (Å²) in [6, 6.07) is 0. The zero-order valence-electron chi connectivity index (χ0n) is 6.73. The van der Waals surface area contributed by atoms with Gasteiger partial charge >= 0.3 is 0 Å². The highest BCUT2D eigenvalue weighted by molar-refractivity contribution is 5.30. The van der Waals surface area contributed by atoms with E-state index in [0.29, 0.717) is 0 Å². The van der Waals surface area contributed by atoms with Gasteiger partial charge in [-0.3, -0.25) is 4.99 Å². The van der Waals surface area contributed by atoms with Crippen LogP contribution in [0.5, 0.6) is 0 Å². The summed E-state index contributed by atoms with van der Waals surface area (Å²) < 4.78 is 0. The van der Waals surface area contributed by atoms with Crippen molar-refractivity contribution in [3.63, 3.8) is 0 Å². The van der Waals surface area contributed by atoms with Crippen LogP contribution in [-0.2, 0) is 0 Å². The lowest BCUT2D eigenvalue weighted by atomic mass is 9.92. The summed E-state index contributed by atoms with van der Waals surface area (Å²) in [5, 5.41) is 0. The third-order valence-corrected chi connectivity index (χ3v) is 1.21. The number of aliphatic imine (C=N–C) groups is 1. The van der Waals surface area contributed by atoms with Gasteiger partial charge in [-0.05, 0) is 13.6 Å². The Kier molecular flexibility index (Phi) is 2.63. The average molecular weight is 125 g/mol. The van der Waals surface area contributed by atoms with Crippen LogP contribution >= 0.6 is 0 Å². The average Bonchev–Trinajstić information content (AvgIpc) is 1.65. The number of hydrogen-bond donors (Lipinski definition) is 0. The molecule has 0 N–H and O–H groups in total. The van der Waals surface area contributed by atoms with Crippen LogP contribution in [0.3, 0.4) is 0 Å². The van der Waals surface area contributed by atoms with Crippen LogP contribution < -0.4 is 0 Å². The van der Waals surface area contributed by atoms with Gasteiger partial charge < -0.3 is 0 Å². The fourth-order valence-corrected chi connectivity index (χ4v) is 0.761. The maximum atomic E-state index is 3.89. The lowest BCUT2D eigenvalue weighted by Gasteiger charge is -2.17. The lowest BCUT2D eigenvalue weighted by molar-refractivity contribution is 0.498. The molecule has 52 valence electrons. The molecule has 0 heterocycles. The molecular formula is C8H15N. The molecule has 1 nitrogen and oxygen atoms in total. The lowest BCUT2D eigenvalue weighted by Crippen LogP contribution is -2.06. The molecule has 0 spiro atoms. The van der Waals surface area contributed by atoms with E-state index in [-0.39, 0.29) is 5.41 Å². The first kappa shape index (κ1) is 8.41. The first-order valence-electron chi connectivity index (χ1n) is 3.16. The minimum absolute atomic E-state index is 0.149. The Morgan fingerprint density at radius 1 is 1.44 bits per heavy atom. The second-order valence-electron chi connectivity index (χ2n) is 3.08. The Bertz CT molecular complexity index is 126. The van der Waals surface area contributed by atoms with Crippen molar-refractivity contribution >= 4 is 6.72 Å². The third kappa shape index (κ3) is 2.45. The minimum Gasteiger partial charge on any atom is -0.269 e. The molecule has 0 aliphatic heterocycles. The van der Waals surface area contributed by atoms with Gasteiger partial charge in [-0.1, -0.05) is 26.8 Å². The molecule has 0 radical (unpaired) electrons. The van der Waals surface area contributed by atoms with E-state index in [0.717, 1.165) is 5.70 Å². The predicted octanol–water partition coefficient (Wildman–Crippen LogP) is 2.64. The molecule has 0 rings (SSSR count). The summed E-state index contributed by atoms with van der Waals surface area (Å²) >= 11 is 0. The third-order valence-electron chi connectivity index (χ3n) is 1.21. The largest absolute Gasteiger partial charge is 0.269 e. The molecule has 0 aromatic heterocycles. The van der Waals surface area contributed by atoms with Gasteiger partial charge in [0.15, 0.2) is 0 Å². The van der Waals surface area contributed by atoms with Gasteiger partial charge in [0.05, 0.1) is 0 Å². The van der Waals surface area contributed by atoms with Crippen LogP contribution in [0.4, 0.5) is 0 Å². The molecule has 0 aromatic carbocycles. The van der Waals surface area contributed by atoms with Crippen molar-refractivity contribution in [2.75, 3.05) is 0 Å². The summed E-state index contributed by atoms with van der Waals surface area (Å²) in [5.74, 6) is 0. The number of rotatable bonds is 1. The highest BCUT2D eigenvalue weighted by Gasteiger charge is 2.13. The molecule has 0 bridgehead atoms. The standard InChI is InChI=1S/C8H15N/c1-6-7(9-5)8(2,3)4/h6H,5H2,1-4H3/b7-6-. The molecule has 0 atom stereocenters. The predicted molar refractivity (Wildman–Crippen MR) is 42.8 cm³/mol. The first-order valence-corrected chi connectivity index (χ1v) is 3.16. The zero-order valence-corrected chi connectivity index (χ0v) is 6.73. The monoisotopic (exact) mass is 125 g/mol. The first-order chi connectivity index (χ1) is 4.02. The quantitative estimate of drug-likeness (QED) is 0.478. The summed E-state index contributed by atoms with van der Waals surface area (Å²) in [5.41, 5.74) is 1.21. The summed E-state index contributed by atoms with van der Waals surface area (Å²) in [6.45, 7) is 11.8. The van der Waals surface area contributed by atoms with E-state index in [1.165, 1.54) is 0 Å². The number of hydrogen-bond acceptors (Lipinski definition) is 1. The van der Waals surface area contributed by atoms with Gasteiger partial charge in [-0.2, -0.15) is 0 Å². The van der Waals surface area contributed by atoms with E-state index in [1.54, 1.807) is 0 Å². The maximum absolute atomic E-state index is 3.89. The van der Waals surface area contributed by atoms with Crippen LogP contribution in [-0.4, -0.2) is 6.72 Å². The minimum atomic E-state index is 0.149. The molecule has 0 aliphatic carbocycles.